The molecule has 4 atom stereocenters. The molecule has 3 fully saturated rings. The van der Waals surface area contributed by atoms with Crippen molar-refractivity contribution in [1.82, 2.24) is 16.2 Å². The maximum atomic E-state index is 3.44. The molecule has 9 heavy (non-hydrogen) atoms. The van der Waals surface area contributed by atoms with Crippen LogP contribution in [0.15, 0.2) is 0 Å². The first-order valence-corrected chi connectivity index (χ1v) is 3.68. The van der Waals surface area contributed by atoms with Gasteiger partial charge in [0.05, 0.1) is 0 Å². The van der Waals surface area contributed by atoms with E-state index in [1.807, 2.05) is 0 Å². The molecule has 0 bridgehead atoms. The van der Waals surface area contributed by atoms with Crippen LogP contribution < -0.4 is 16.2 Å². The predicted octanol–water partition coefficient (Wildman–Crippen LogP) is -1.32. The third kappa shape index (κ3) is 0.377. The summed E-state index contributed by atoms with van der Waals surface area (Å²) in [6, 6.07) is 1.66. The molecule has 3 nitrogen and oxygen atoms in total. The van der Waals surface area contributed by atoms with Crippen molar-refractivity contribution in [2.45, 2.75) is 12.1 Å². The molecule has 2 heterocycles. The third-order valence-corrected chi connectivity index (χ3v) is 3.04. The zero-order chi connectivity index (χ0) is 5.84. The largest absolute Gasteiger partial charge is 0.313 e. The van der Waals surface area contributed by atoms with Crippen LogP contribution in [0.4, 0.5) is 0 Å². The van der Waals surface area contributed by atoms with Gasteiger partial charge in [0.1, 0.15) is 0 Å². The minimum atomic E-state index is 0.802. The lowest BCUT2D eigenvalue weighted by molar-refractivity contribution is 0.0129. The maximum absolute atomic E-state index is 3.44. The topological polar surface area (TPSA) is 36.1 Å². The average molecular weight is 125 g/mol. The van der Waals surface area contributed by atoms with Gasteiger partial charge in [-0.2, -0.15) is 0 Å². The molecule has 1 saturated carbocycles. The van der Waals surface area contributed by atoms with E-state index in [0.717, 1.165) is 23.9 Å². The lowest BCUT2D eigenvalue weighted by atomic mass is 9.61. The van der Waals surface area contributed by atoms with Gasteiger partial charge in [0.25, 0.3) is 0 Å². The van der Waals surface area contributed by atoms with E-state index in [4.69, 9.17) is 0 Å². The van der Waals surface area contributed by atoms with Gasteiger partial charge in [-0.05, 0) is 0 Å². The zero-order valence-electron chi connectivity index (χ0n) is 5.22. The molecule has 0 unspecified atom stereocenters. The molecular formula is C6H11N3. The Hall–Kier alpha value is -0.120. The molecule has 0 aromatic heterocycles. The Labute approximate surface area is 54.2 Å². The second-order valence-electron chi connectivity index (χ2n) is 3.31. The summed E-state index contributed by atoms with van der Waals surface area (Å²) in [4.78, 5) is 0. The molecule has 3 N–H and O–H groups in total. The normalized spacial score (nSPS) is 61.3. The van der Waals surface area contributed by atoms with Crippen molar-refractivity contribution >= 4 is 0 Å². The third-order valence-electron chi connectivity index (χ3n) is 3.04. The first-order valence-electron chi connectivity index (χ1n) is 3.68. The van der Waals surface area contributed by atoms with Gasteiger partial charge in [0.15, 0.2) is 0 Å². The summed E-state index contributed by atoms with van der Waals surface area (Å²) in [5.41, 5.74) is 6.49. The molecule has 0 aromatic rings. The summed E-state index contributed by atoms with van der Waals surface area (Å²) in [5, 5.41) is 3.44. The van der Waals surface area contributed by atoms with Crippen molar-refractivity contribution in [1.29, 1.82) is 0 Å². The van der Waals surface area contributed by atoms with Crippen LogP contribution in [0, 0.1) is 11.8 Å². The number of nitrogens with one attached hydrogen (secondary N) is 3. The van der Waals surface area contributed by atoms with Gasteiger partial charge in [-0.1, -0.05) is 0 Å². The van der Waals surface area contributed by atoms with Crippen molar-refractivity contribution in [3.8, 4) is 0 Å². The quantitative estimate of drug-likeness (QED) is 0.376. The molecule has 2 saturated heterocycles. The van der Waals surface area contributed by atoms with E-state index in [0.29, 0.717) is 0 Å². The highest BCUT2D eigenvalue weighted by Crippen LogP contribution is 2.41. The molecular weight excluding hydrogens is 114 g/mol. The SMILES string of the molecule is C1N[C@@H]2[C@@H]1[C@@H]1NNC[C@@H]21. The maximum Gasteiger partial charge on any atom is 0.0324 e. The van der Waals surface area contributed by atoms with Gasteiger partial charge in [-0.25, -0.2) is 0 Å². The number of fused-ring (bicyclic) bond motifs is 4. The summed E-state index contributed by atoms with van der Waals surface area (Å²) in [6.45, 7) is 2.40. The zero-order valence-corrected chi connectivity index (χ0v) is 5.22. The Morgan fingerprint density at radius 2 is 1.89 bits per heavy atom. The van der Waals surface area contributed by atoms with Crippen LogP contribution in [-0.4, -0.2) is 25.2 Å². The van der Waals surface area contributed by atoms with Crippen molar-refractivity contribution in [2.75, 3.05) is 13.1 Å². The molecule has 3 heteroatoms. The number of hydrogen-bond acceptors (Lipinski definition) is 3. The summed E-state index contributed by atoms with van der Waals surface area (Å²) in [7, 11) is 0. The fourth-order valence-corrected chi connectivity index (χ4v) is 2.37. The van der Waals surface area contributed by atoms with Gasteiger partial charge in [0.2, 0.25) is 0 Å². The van der Waals surface area contributed by atoms with Crippen LogP contribution in [0.2, 0.25) is 0 Å². The van der Waals surface area contributed by atoms with Crippen molar-refractivity contribution < 1.29 is 0 Å². The Morgan fingerprint density at radius 3 is 2.56 bits per heavy atom. The van der Waals surface area contributed by atoms with Crippen molar-refractivity contribution in [3.63, 3.8) is 0 Å². The first-order chi connectivity index (χ1) is 4.47. The van der Waals surface area contributed by atoms with Crippen molar-refractivity contribution in [2.24, 2.45) is 11.8 Å². The Morgan fingerprint density at radius 1 is 1.00 bits per heavy atom. The Balaban J connectivity index is 1.85. The molecule has 50 valence electrons. The lowest BCUT2D eigenvalue weighted by Crippen LogP contribution is -2.74. The van der Waals surface area contributed by atoms with Gasteiger partial charge >= 0.3 is 0 Å². The van der Waals surface area contributed by atoms with Gasteiger partial charge in [-0.15, -0.1) is 0 Å². The Kier molecular flexibility index (Phi) is 0.678. The number of hydrogen-bond donors (Lipinski definition) is 3. The van der Waals surface area contributed by atoms with E-state index >= 15 is 0 Å². The molecule has 1 aliphatic carbocycles. The van der Waals surface area contributed by atoms with Crippen LogP contribution in [-0.2, 0) is 0 Å². The standard InChI is InChI=1S/C6H11N3/c1-3-5(7-1)4-2-8-9-6(3)4/h3-9H,1-2H2/t3-,4+,5-,6+/m1/s1. The van der Waals surface area contributed by atoms with Gasteiger partial charge in [-0.3, -0.25) is 10.9 Å². The Bertz CT molecular complexity index is 131. The molecule has 0 spiro atoms. The monoisotopic (exact) mass is 125 g/mol. The fraction of sp³-hybridized carbons (Fsp3) is 1.00. The van der Waals surface area contributed by atoms with Crippen LogP contribution in [0.3, 0.4) is 0 Å². The van der Waals surface area contributed by atoms with E-state index in [9.17, 15) is 0 Å². The molecule has 0 amide bonds. The summed E-state index contributed by atoms with van der Waals surface area (Å²) >= 11 is 0. The fourth-order valence-electron chi connectivity index (χ4n) is 2.37. The van der Waals surface area contributed by atoms with Crippen LogP contribution >= 0.6 is 0 Å². The number of hydrazine groups is 1. The highest BCUT2D eigenvalue weighted by molar-refractivity contribution is 5.15. The molecule has 3 rings (SSSR count). The minimum Gasteiger partial charge on any atom is -0.313 e. The number of piperidine rings is 1. The lowest BCUT2D eigenvalue weighted by Gasteiger charge is -2.56. The average Bonchev–Trinajstić information content (AvgIpc) is 2.13. The summed E-state index contributed by atoms with van der Waals surface area (Å²) < 4.78 is 0. The van der Waals surface area contributed by atoms with E-state index in [1.165, 1.54) is 13.1 Å². The summed E-state index contributed by atoms with van der Waals surface area (Å²) in [5.74, 6) is 1.84. The molecule has 3 aliphatic rings. The van der Waals surface area contributed by atoms with Crippen LogP contribution in [0.25, 0.3) is 0 Å². The molecule has 2 aliphatic heterocycles. The predicted molar refractivity (Wildman–Crippen MR) is 33.7 cm³/mol. The first kappa shape index (κ1) is 4.66. The highest BCUT2D eigenvalue weighted by atomic mass is 15.4. The van der Waals surface area contributed by atoms with E-state index < -0.39 is 0 Å². The van der Waals surface area contributed by atoms with E-state index in [2.05, 4.69) is 16.2 Å². The van der Waals surface area contributed by atoms with Crippen LogP contribution in [0.1, 0.15) is 0 Å². The summed E-state index contributed by atoms with van der Waals surface area (Å²) in [6.07, 6.45) is 0. The van der Waals surface area contributed by atoms with Gasteiger partial charge in [0, 0.05) is 37.0 Å². The van der Waals surface area contributed by atoms with Crippen LogP contribution in [0.5, 0.6) is 0 Å². The highest BCUT2D eigenvalue weighted by Gasteiger charge is 2.57. The smallest absolute Gasteiger partial charge is 0.0324 e. The minimum absolute atomic E-state index is 0.802. The molecule has 0 radical (unpaired) electrons. The van der Waals surface area contributed by atoms with E-state index in [1.54, 1.807) is 0 Å². The van der Waals surface area contributed by atoms with Crippen molar-refractivity contribution in [3.05, 3.63) is 0 Å². The second kappa shape index (κ2) is 1.31. The molecule has 0 aromatic carbocycles. The van der Waals surface area contributed by atoms with Gasteiger partial charge < -0.3 is 5.32 Å². The second-order valence-corrected chi connectivity index (χ2v) is 3.31. The van der Waals surface area contributed by atoms with E-state index in [-0.39, 0.29) is 0 Å². The number of rotatable bonds is 0.